The van der Waals surface area contributed by atoms with Crippen molar-refractivity contribution < 1.29 is 9.53 Å². The third kappa shape index (κ3) is 2.10. The van der Waals surface area contributed by atoms with Crippen molar-refractivity contribution in [1.29, 1.82) is 0 Å². The summed E-state index contributed by atoms with van der Waals surface area (Å²) in [5.41, 5.74) is 0.682. The molecule has 0 saturated heterocycles. The molecule has 2 aliphatic rings. The zero-order valence-corrected chi connectivity index (χ0v) is 13.2. The second kappa shape index (κ2) is 4.76. The van der Waals surface area contributed by atoms with Crippen LogP contribution in [0.1, 0.15) is 53.9 Å². The number of ether oxygens (including phenoxy) is 1. The lowest BCUT2D eigenvalue weighted by atomic mass is 9.69. The van der Waals surface area contributed by atoms with E-state index in [4.69, 9.17) is 4.74 Å². The van der Waals surface area contributed by atoms with Crippen molar-refractivity contribution in [3.8, 4) is 0 Å². The molecule has 0 amide bonds. The minimum atomic E-state index is -0.179. The zero-order valence-electron chi connectivity index (χ0n) is 13.2. The van der Waals surface area contributed by atoms with Gasteiger partial charge >= 0.3 is 5.97 Å². The van der Waals surface area contributed by atoms with Crippen LogP contribution in [0.25, 0.3) is 0 Å². The smallest absolute Gasteiger partial charge is 0.323 e. The number of methoxy groups -OCH3 is 1. The van der Waals surface area contributed by atoms with Crippen molar-refractivity contribution in [1.82, 2.24) is 5.32 Å². The molecule has 2 rings (SSSR count). The topological polar surface area (TPSA) is 38.3 Å². The first-order chi connectivity index (χ1) is 8.74. The number of nitrogens with one attached hydrogen (secondary N) is 1. The Morgan fingerprint density at radius 2 is 1.95 bits per heavy atom. The van der Waals surface area contributed by atoms with Gasteiger partial charge in [-0.05, 0) is 41.9 Å². The highest BCUT2D eigenvalue weighted by molar-refractivity contribution is 5.76. The fraction of sp³-hybridized carbons (Fsp3) is 0.938. The third-order valence-electron chi connectivity index (χ3n) is 6.30. The minimum absolute atomic E-state index is 0.126. The lowest BCUT2D eigenvalue weighted by Crippen LogP contribution is -2.53. The normalized spacial score (nSPS) is 37.6. The van der Waals surface area contributed by atoms with Crippen molar-refractivity contribution in [3.05, 3.63) is 0 Å². The zero-order chi connectivity index (χ0) is 14.4. The molecule has 0 aliphatic heterocycles. The predicted molar refractivity (Wildman–Crippen MR) is 76.8 cm³/mol. The quantitative estimate of drug-likeness (QED) is 0.796. The molecule has 0 aromatic rings. The maximum absolute atomic E-state index is 11.9. The van der Waals surface area contributed by atoms with Crippen LogP contribution in [-0.2, 0) is 9.53 Å². The summed E-state index contributed by atoms with van der Waals surface area (Å²) < 4.78 is 4.95. The third-order valence-corrected chi connectivity index (χ3v) is 6.30. The molecule has 0 aromatic heterocycles. The summed E-state index contributed by atoms with van der Waals surface area (Å²) in [4.78, 5) is 11.9. The molecular weight excluding hydrogens is 238 g/mol. The Labute approximate surface area is 117 Å². The molecule has 3 nitrogen and oxygen atoms in total. The van der Waals surface area contributed by atoms with Crippen LogP contribution >= 0.6 is 0 Å². The molecule has 0 aromatic carbocycles. The summed E-state index contributed by atoms with van der Waals surface area (Å²) in [6.07, 6.45) is 3.81. The van der Waals surface area contributed by atoms with E-state index in [1.165, 1.54) is 26.4 Å². The van der Waals surface area contributed by atoms with E-state index in [1.807, 2.05) is 0 Å². The van der Waals surface area contributed by atoms with Gasteiger partial charge in [0.15, 0.2) is 0 Å². The van der Waals surface area contributed by atoms with E-state index in [0.717, 1.165) is 5.92 Å². The Balaban J connectivity index is 2.14. The molecule has 2 saturated carbocycles. The maximum atomic E-state index is 11.9. The Hall–Kier alpha value is -0.570. The van der Waals surface area contributed by atoms with E-state index in [0.29, 0.717) is 16.9 Å². The number of rotatable bonds is 4. The van der Waals surface area contributed by atoms with Crippen LogP contribution in [0.15, 0.2) is 0 Å². The van der Waals surface area contributed by atoms with Gasteiger partial charge in [0, 0.05) is 6.04 Å². The number of carbonyl (C=O) groups is 1. The van der Waals surface area contributed by atoms with Crippen molar-refractivity contribution in [3.63, 3.8) is 0 Å². The van der Waals surface area contributed by atoms with Crippen LogP contribution in [-0.4, -0.2) is 25.2 Å². The van der Waals surface area contributed by atoms with Gasteiger partial charge in [-0.15, -0.1) is 0 Å². The molecule has 0 radical (unpaired) electrons. The summed E-state index contributed by atoms with van der Waals surface area (Å²) in [6.45, 7) is 11.3. The summed E-state index contributed by atoms with van der Waals surface area (Å²) in [5.74, 6) is 0.929. The lowest BCUT2D eigenvalue weighted by Gasteiger charge is -2.41. The Morgan fingerprint density at radius 3 is 2.32 bits per heavy atom. The molecule has 2 fully saturated rings. The monoisotopic (exact) mass is 267 g/mol. The molecule has 2 bridgehead atoms. The maximum Gasteiger partial charge on any atom is 0.323 e. The molecule has 3 unspecified atom stereocenters. The van der Waals surface area contributed by atoms with Gasteiger partial charge in [-0.2, -0.15) is 0 Å². The minimum Gasteiger partial charge on any atom is -0.468 e. The molecule has 1 N–H and O–H groups in total. The SMILES string of the molecule is COC(=O)[C@@H](NC1CC2CCC1(C)C2(C)C)C(C)C. The fourth-order valence-electron chi connectivity index (χ4n) is 4.33. The first-order valence-corrected chi connectivity index (χ1v) is 7.58. The molecular formula is C16H29NO2. The van der Waals surface area contributed by atoms with E-state index in [-0.39, 0.29) is 17.9 Å². The Bertz CT molecular complexity index is 364. The van der Waals surface area contributed by atoms with Gasteiger partial charge in [-0.1, -0.05) is 34.6 Å². The van der Waals surface area contributed by atoms with E-state index in [9.17, 15) is 4.79 Å². The fourth-order valence-corrected chi connectivity index (χ4v) is 4.33. The first-order valence-electron chi connectivity index (χ1n) is 7.58. The molecule has 110 valence electrons. The molecule has 19 heavy (non-hydrogen) atoms. The van der Waals surface area contributed by atoms with Crippen LogP contribution < -0.4 is 5.32 Å². The van der Waals surface area contributed by atoms with Crippen LogP contribution in [0.5, 0.6) is 0 Å². The average Bonchev–Trinajstić information content (AvgIpc) is 2.67. The molecule has 0 heterocycles. The Kier molecular flexibility index (Phi) is 3.72. The second-order valence-electron chi connectivity index (χ2n) is 7.57. The standard InChI is InChI=1S/C16H29NO2/c1-10(2)13(14(18)19-6)17-12-9-11-7-8-16(12,5)15(11,3)4/h10-13,17H,7-9H2,1-6H3/t11?,12?,13-,16?/m0/s1. The van der Waals surface area contributed by atoms with Crippen molar-refractivity contribution in [2.45, 2.75) is 66.0 Å². The summed E-state index contributed by atoms with van der Waals surface area (Å²) in [6, 6.07) is 0.259. The van der Waals surface area contributed by atoms with Crippen molar-refractivity contribution in [2.24, 2.45) is 22.7 Å². The second-order valence-corrected chi connectivity index (χ2v) is 7.57. The van der Waals surface area contributed by atoms with Crippen LogP contribution in [0, 0.1) is 22.7 Å². The largest absolute Gasteiger partial charge is 0.468 e. The first kappa shape index (κ1) is 14.8. The van der Waals surface area contributed by atoms with Crippen LogP contribution in [0.2, 0.25) is 0 Å². The number of carbonyl (C=O) groups excluding carboxylic acids is 1. The number of hydrogen-bond donors (Lipinski definition) is 1. The summed E-state index contributed by atoms with van der Waals surface area (Å²) in [5, 5.41) is 3.62. The van der Waals surface area contributed by atoms with Crippen molar-refractivity contribution in [2.75, 3.05) is 7.11 Å². The van der Waals surface area contributed by atoms with Gasteiger partial charge in [-0.25, -0.2) is 0 Å². The van der Waals surface area contributed by atoms with E-state index < -0.39 is 0 Å². The molecule has 3 heteroatoms. The predicted octanol–water partition coefficient (Wildman–Crippen LogP) is 2.99. The molecule has 4 atom stereocenters. The van der Waals surface area contributed by atoms with Gasteiger partial charge in [0.05, 0.1) is 7.11 Å². The number of fused-ring (bicyclic) bond motifs is 2. The highest BCUT2D eigenvalue weighted by Gasteiger charge is 2.61. The van der Waals surface area contributed by atoms with Crippen molar-refractivity contribution >= 4 is 5.97 Å². The van der Waals surface area contributed by atoms with Gasteiger partial charge in [0.1, 0.15) is 6.04 Å². The number of hydrogen-bond acceptors (Lipinski definition) is 3. The van der Waals surface area contributed by atoms with Crippen LogP contribution in [0.4, 0.5) is 0 Å². The lowest BCUT2D eigenvalue weighted by molar-refractivity contribution is -0.145. The highest BCUT2D eigenvalue weighted by atomic mass is 16.5. The van der Waals surface area contributed by atoms with E-state index in [2.05, 4.69) is 39.9 Å². The highest BCUT2D eigenvalue weighted by Crippen LogP contribution is 2.65. The van der Waals surface area contributed by atoms with E-state index >= 15 is 0 Å². The Morgan fingerprint density at radius 1 is 1.32 bits per heavy atom. The van der Waals surface area contributed by atoms with Gasteiger partial charge < -0.3 is 10.1 Å². The summed E-state index contributed by atoms with van der Waals surface area (Å²) in [7, 11) is 1.48. The van der Waals surface area contributed by atoms with Gasteiger partial charge in [0.2, 0.25) is 0 Å². The number of esters is 1. The molecule has 2 aliphatic carbocycles. The summed E-state index contributed by atoms with van der Waals surface area (Å²) >= 11 is 0. The van der Waals surface area contributed by atoms with Gasteiger partial charge in [0.25, 0.3) is 0 Å². The molecule has 0 spiro atoms. The van der Waals surface area contributed by atoms with Gasteiger partial charge in [-0.3, -0.25) is 4.79 Å². The van der Waals surface area contributed by atoms with Crippen LogP contribution in [0.3, 0.4) is 0 Å². The van der Waals surface area contributed by atoms with E-state index in [1.54, 1.807) is 0 Å². The average molecular weight is 267 g/mol.